The van der Waals surface area contributed by atoms with Crippen LogP contribution in [0.4, 0.5) is 5.13 Å². The molecule has 2 fully saturated rings. The number of hydrogen-bond donors (Lipinski definition) is 1. The fourth-order valence-electron chi connectivity index (χ4n) is 3.91. The smallest absolute Gasteiger partial charge is 0.185 e. The second-order valence-corrected chi connectivity index (χ2v) is 7.13. The van der Waals surface area contributed by atoms with E-state index in [2.05, 4.69) is 4.90 Å². The standard InChI is InChI=1S/C14H20N2OS/c17-11-5-2-6-12-13(11)15-14(18-12)16-7-9-3-1-4-10(9)8-16/h9-11,17H,1-8H2. The first-order valence-corrected chi connectivity index (χ1v) is 8.05. The molecule has 0 bridgehead atoms. The third-order valence-electron chi connectivity index (χ3n) is 4.91. The maximum atomic E-state index is 10.0. The zero-order valence-corrected chi connectivity index (χ0v) is 11.5. The van der Waals surface area contributed by atoms with Crippen LogP contribution in [0.15, 0.2) is 0 Å². The first-order valence-electron chi connectivity index (χ1n) is 7.24. The molecule has 3 aliphatic rings. The number of anilines is 1. The van der Waals surface area contributed by atoms with Gasteiger partial charge in [-0.1, -0.05) is 6.42 Å². The van der Waals surface area contributed by atoms with Gasteiger partial charge in [-0.25, -0.2) is 4.98 Å². The summed E-state index contributed by atoms with van der Waals surface area (Å²) in [6.07, 6.45) is 7.06. The molecule has 0 aromatic carbocycles. The molecular formula is C14H20N2OS. The zero-order chi connectivity index (χ0) is 12.1. The summed E-state index contributed by atoms with van der Waals surface area (Å²) in [5, 5.41) is 11.2. The topological polar surface area (TPSA) is 36.4 Å². The Morgan fingerprint density at radius 3 is 2.61 bits per heavy atom. The van der Waals surface area contributed by atoms with Crippen molar-refractivity contribution in [3.63, 3.8) is 0 Å². The molecule has 3 nitrogen and oxygen atoms in total. The predicted molar refractivity (Wildman–Crippen MR) is 73.1 cm³/mol. The summed E-state index contributed by atoms with van der Waals surface area (Å²) in [5.41, 5.74) is 0.985. The Balaban J connectivity index is 1.59. The summed E-state index contributed by atoms with van der Waals surface area (Å²) >= 11 is 1.83. The largest absolute Gasteiger partial charge is 0.387 e. The van der Waals surface area contributed by atoms with Crippen molar-refractivity contribution in [3.05, 3.63) is 10.6 Å². The molecule has 1 saturated heterocycles. The van der Waals surface area contributed by atoms with Gasteiger partial charge in [0.25, 0.3) is 0 Å². The van der Waals surface area contributed by atoms with Gasteiger partial charge in [0.05, 0.1) is 11.8 Å². The highest BCUT2D eigenvalue weighted by Crippen LogP contribution is 2.42. The van der Waals surface area contributed by atoms with Crippen molar-refractivity contribution in [1.29, 1.82) is 0 Å². The van der Waals surface area contributed by atoms with Crippen molar-refractivity contribution in [2.24, 2.45) is 11.8 Å². The van der Waals surface area contributed by atoms with Crippen LogP contribution in [0.25, 0.3) is 0 Å². The Kier molecular flexibility index (Phi) is 2.62. The lowest BCUT2D eigenvalue weighted by Crippen LogP contribution is -2.20. The Labute approximate surface area is 112 Å². The zero-order valence-electron chi connectivity index (χ0n) is 10.6. The van der Waals surface area contributed by atoms with Crippen LogP contribution >= 0.6 is 11.3 Å². The SMILES string of the molecule is OC1CCCc2sc(N3CC4CCCC4C3)nc21. The number of thiazole rings is 1. The Bertz CT molecular complexity index is 447. The van der Waals surface area contributed by atoms with Crippen LogP contribution in [0.2, 0.25) is 0 Å². The maximum Gasteiger partial charge on any atom is 0.185 e. The molecule has 18 heavy (non-hydrogen) atoms. The normalized spacial score (nSPS) is 34.7. The second-order valence-electron chi connectivity index (χ2n) is 6.07. The maximum absolute atomic E-state index is 10.0. The molecule has 1 aromatic heterocycles. The summed E-state index contributed by atoms with van der Waals surface area (Å²) in [6.45, 7) is 2.40. The Morgan fingerprint density at radius 2 is 1.89 bits per heavy atom. The van der Waals surface area contributed by atoms with Crippen LogP contribution in [0.1, 0.15) is 48.8 Å². The van der Waals surface area contributed by atoms with E-state index < -0.39 is 0 Å². The third kappa shape index (κ3) is 1.69. The number of aryl methyl sites for hydroxylation is 1. The molecule has 0 radical (unpaired) electrons. The minimum absolute atomic E-state index is 0.305. The van der Waals surface area contributed by atoms with Crippen molar-refractivity contribution < 1.29 is 5.11 Å². The van der Waals surface area contributed by atoms with Gasteiger partial charge in [-0.3, -0.25) is 0 Å². The van der Waals surface area contributed by atoms with Gasteiger partial charge in [0, 0.05) is 18.0 Å². The van der Waals surface area contributed by atoms with Crippen molar-refractivity contribution in [2.45, 2.75) is 44.6 Å². The molecule has 98 valence electrons. The number of aliphatic hydroxyl groups excluding tert-OH is 1. The summed E-state index contributed by atoms with van der Waals surface area (Å²) in [5.74, 6) is 1.83. The fraction of sp³-hybridized carbons (Fsp3) is 0.786. The number of nitrogens with zero attached hydrogens (tertiary/aromatic N) is 2. The van der Waals surface area contributed by atoms with Crippen LogP contribution in [-0.2, 0) is 6.42 Å². The van der Waals surface area contributed by atoms with E-state index in [1.54, 1.807) is 0 Å². The highest BCUT2D eigenvalue weighted by atomic mass is 32.1. The molecule has 0 spiro atoms. The number of rotatable bonds is 1. The van der Waals surface area contributed by atoms with Crippen LogP contribution in [-0.4, -0.2) is 23.2 Å². The van der Waals surface area contributed by atoms with Gasteiger partial charge in [0.15, 0.2) is 5.13 Å². The van der Waals surface area contributed by atoms with Gasteiger partial charge >= 0.3 is 0 Å². The number of fused-ring (bicyclic) bond motifs is 2. The monoisotopic (exact) mass is 264 g/mol. The van der Waals surface area contributed by atoms with Gasteiger partial charge < -0.3 is 10.0 Å². The van der Waals surface area contributed by atoms with E-state index >= 15 is 0 Å². The first kappa shape index (κ1) is 11.2. The third-order valence-corrected chi connectivity index (χ3v) is 6.10. The molecule has 3 unspecified atom stereocenters. The van der Waals surface area contributed by atoms with Crippen LogP contribution < -0.4 is 4.90 Å². The van der Waals surface area contributed by atoms with E-state index in [0.717, 1.165) is 36.8 Å². The number of hydrogen-bond acceptors (Lipinski definition) is 4. The van der Waals surface area contributed by atoms with Gasteiger partial charge in [-0.05, 0) is 43.9 Å². The van der Waals surface area contributed by atoms with Gasteiger partial charge in [-0.15, -0.1) is 11.3 Å². The van der Waals surface area contributed by atoms with Crippen molar-refractivity contribution in [2.75, 3.05) is 18.0 Å². The molecule has 4 rings (SSSR count). The highest BCUT2D eigenvalue weighted by molar-refractivity contribution is 7.15. The summed E-state index contributed by atoms with van der Waals surface area (Å²) in [6, 6.07) is 0. The molecule has 1 aliphatic heterocycles. The van der Waals surface area contributed by atoms with Crippen molar-refractivity contribution >= 4 is 16.5 Å². The molecule has 2 aliphatic carbocycles. The molecule has 1 aromatic rings. The minimum Gasteiger partial charge on any atom is -0.387 e. The van der Waals surface area contributed by atoms with Crippen LogP contribution in [0.3, 0.4) is 0 Å². The number of aromatic nitrogens is 1. The lowest BCUT2D eigenvalue weighted by Gasteiger charge is -2.15. The lowest BCUT2D eigenvalue weighted by atomic mass is 10.0. The highest BCUT2D eigenvalue weighted by Gasteiger charge is 2.37. The molecule has 1 N–H and O–H groups in total. The van der Waals surface area contributed by atoms with E-state index in [-0.39, 0.29) is 6.10 Å². The van der Waals surface area contributed by atoms with Gasteiger partial charge in [-0.2, -0.15) is 0 Å². The Morgan fingerprint density at radius 1 is 1.11 bits per heavy atom. The van der Waals surface area contributed by atoms with Gasteiger partial charge in [0.1, 0.15) is 0 Å². The van der Waals surface area contributed by atoms with E-state index in [9.17, 15) is 5.11 Å². The summed E-state index contributed by atoms with van der Waals surface area (Å²) in [7, 11) is 0. The molecule has 2 heterocycles. The second kappa shape index (κ2) is 4.20. The van der Waals surface area contributed by atoms with E-state index in [1.807, 2.05) is 11.3 Å². The molecular weight excluding hydrogens is 244 g/mol. The quantitative estimate of drug-likeness (QED) is 0.847. The Hall–Kier alpha value is -0.610. The lowest BCUT2D eigenvalue weighted by molar-refractivity contribution is 0.153. The van der Waals surface area contributed by atoms with Crippen LogP contribution in [0.5, 0.6) is 0 Å². The van der Waals surface area contributed by atoms with E-state index in [1.165, 1.54) is 42.4 Å². The van der Waals surface area contributed by atoms with Crippen LogP contribution in [0, 0.1) is 11.8 Å². The predicted octanol–water partition coefficient (Wildman–Crippen LogP) is 2.75. The molecule has 4 heteroatoms. The molecule has 1 saturated carbocycles. The average Bonchev–Trinajstić information content (AvgIpc) is 3.01. The van der Waals surface area contributed by atoms with Gasteiger partial charge in [0.2, 0.25) is 0 Å². The van der Waals surface area contributed by atoms with E-state index in [4.69, 9.17) is 4.98 Å². The summed E-state index contributed by atoms with van der Waals surface area (Å²) in [4.78, 5) is 8.55. The van der Waals surface area contributed by atoms with E-state index in [0.29, 0.717) is 0 Å². The molecule has 0 amide bonds. The average molecular weight is 264 g/mol. The minimum atomic E-state index is -0.305. The fourth-order valence-corrected chi connectivity index (χ4v) is 5.08. The number of aliphatic hydroxyl groups is 1. The summed E-state index contributed by atoms with van der Waals surface area (Å²) < 4.78 is 0. The molecule has 3 atom stereocenters. The van der Waals surface area contributed by atoms with Crippen molar-refractivity contribution in [1.82, 2.24) is 4.98 Å². The first-order chi connectivity index (χ1) is 8.81. The van der Waals surface area contributed by atoms with Crippen molar-refractivity contribution in [3.8, 4) is 0 Å².